The Morgan fingerprint density at radius 2 is 2.00 bits per heavy atom. The van der Waals surface area contributed by atoms with E-state index in [1.54, 1.807) is 18.9 Å². The summed E-state index contributed by atoms with van der Waals surface area (Å²) in [4.78, 5) is 39.3. The summed E-state index contributed by atoms with van der Waals surface area (Å²) in [5.41, 5.74) is 1.12. The molecule has 2 amide bonds. The molecule has 1 saturated heterocycles. The molecule has 1 aromatic carbocycles. The molecule has 0 spiro atoms. The maximum absolute atomic E-state index is 12.7. The Balaban J connectivity index is 1.61. The van der Waals surface area contributed by atoms with E-state index in [0.717, 1.165) is 5.56 Å². The molecule has 27 heavy (non-hydrogen) atoms. The first-order chi connectivity index (χ1) is 12.8. The number of nitrogens with zero attached hydrogens (tertiary/aromatic N) is 2. The largest absolute Gasteiger partial charge is 0.478 e. The molecule has 1 atom stereocenters. The SMILES string of the molecule is Cc1oc(CN(C)C(=O)C2CC(=O)N(Cc3ccccc3)C2)cc1C(=O)O. The van der Waals surface area contributed by atoms with Crippen LogP contribution < -0.4 is 0 Å². The second kappa shape index (κ2) is 7.65. The van der Waals surface area contributed by atoms with Gasteiger partial charge in [0.15, 0.2) is 0 Å². The summed E-state index contributed by atoms with van der Waals surface area (Å²) in [6, 6.07) is 11.1. The number of carbonyl (C=O) groups is 3. The summed E-state index contributed by atoms with van der Waals surface area (Å²) in [5, 5.41) is 9.09. The highest BCUT2D eigenvalue weighted by Gasteiger charge is 2.35. The highest BCUT2D eigenvalue weighted by atomic mass is 16.4. The lowest BCUT2D eigenvalue weighted by Gasteiger charge is -2.20. The molecule has 7 heteroatoms. The molecule has 0 bridgehead atoms. The van der Waals surface area contributed by atoms with E-state index in [1.165, 1.54) is 11.0 Å². The van der Waals surface area contributed by atoms with Gasteiger partial charge in [0.2, 0.25) is 11.8 Å². The maximum atomic E-state index is 12.7. The monoisotopic (exact) mass is 370 g/mol. The van der Waals surface area contributed by atoms with Crippen LogP contribution in [0.3, 0.4) is 0 Å². The van der Waals surface area contributed by atoms with Crippen molar-refractivity contribution in [3.63, 3.8) is 0 Å². The molecule has 0 saturated carbocycles. The number of hydrogen-bond donors (Lipinski definition) is 1. The van der Waals surface area contributed by atoms with Gasteiger partial charge in [-0.3, -0.25) is 9.59 Å². The lowest BCUT2D eigenvalue weighted by molar-refractivity contribution is -0.135. The standard InChI is InChI=1S/C20H22N2O5/c1-13-17(20(25)26)9-16(27-13)12-21(2)19(24)15-8-18(23)22(11-15)10-14-6-4-3-5-7-14/h3-7,9,15H,8,10-12H2,1-2H3,(H,25,26). The molecule has 2 aromatic rings. The van der Waals surface area contributed by atoms with Crippen LogP contribution >= 0.6 is 0 Å². The highest BCUT2D eigenvalue weighted by molar-refractivity contribution is 5.90. The predicted octanol–water partition coefficient (Wildman–Crippen LogP) is 2.29. The van der Waals surface area contributed by atoms with Crippen molar-refractivity contribution in [2.24, 2.45) is 5.92 Å². The van der Waals surface area contributed by atoms with E-state index in [4.69, 9.17) is 9.52 Å². The molecule has 1 aliphatic heterocycles. The topological polar surface area (TPSA) is 91.1 Å². The summed E-state index contributed by atoms with van der Waals surface area (Å²) in [6.07, 6.45) is 0.188. The first-order valence-electron chi connectivity index (χ1n) is 8.74. The van der Waals surface area contributed by atoms with E-state index in [2.05, 4.69) is 0 Å². The Morgan fingerprint density at radius 3 is 2.63 bits per heavy atom. The number of likely N-dealkylation sites (tertiary alicyclic amines) is 1. The number of carbonyl (C=O) groups excluding carboxylic acids is 2. The second-order valence-corrected chi connectivity index (χ2v) is 6.84. The minimum atomic E-state index is -1.06. The smallest absolute Gasteiger partial charge is 0.339 e. The number of carboxylic acid groups (broad SMARTS) is 1. The normalized spacial score (nSPS) is 16.6. The van der Waals surface area contributed by atoms with Gasteiger partial charge in [-0.2, -0.15) is 0 Å². The minimum absolute atomic E-state index is 0.0346. The molecule has 0 radical (unpaired) electrons. The summed E-state index contributed by atoms with van der Waals surface area (Å²) >= 11 is 0. The summed E-state index contributed by atoms with van der Waals surface area (Å²) in [7, 11) is 1.63. The van der Waals surface area contributed by atoms with Crippen LogP contribution in [0.4, 0.5) is 0 Å². The zero-order chi connectivity index (χ0) is 19.6. The molecule has 142 valence electrons. The highest BCUT2D eigenvalue weighted by Crippen LogP contribution is 2.23. The number of rotatable bonds is 6. The lowest BCUT2D eigenvalue weighted by atomic mass is 10.1. The molecule has 1 fully saturated rings. The minimum Gasteiger partial charge on any atom is -0.478 e. The number of furan rings is 1. The van der Waals surface area contributed by atoms with E-state index in [9.17, 15) is 14.4 Å². The van der Waals surface area contributed by atoms with Crippen LogP contribution in [0.2, 0.25) is 0 Å². The Labute approximate surface area is 157 Å². The van der Waals surface area contributed by atoms with Crippen LogP contribution in [-0.4, -0.2) is 46.3 Å². The molecular formula is C20H22N2O5. The summed E-state index contributed by atoms with van der Waals surface area (Å²) in [6.45, 7) is 2.61. The molecule has 1 aliphatic rings. The molecule has 1 unspecified atom stereocenters. The summed E-state index contributed by atoms with van der Waals surface area (Å²) < 4.78 is 5.43. The van der Waals surface area contributed by atoms with Crippen LogP contribution in [0.1, 0.15) is 33.9 Å². The van der Waals surface area contributed by atoms with E-state index in [-0.39, 0.29) is 30.3 Å². The fourth-order valence-electron chi connectivity index (χ4n) is 3.35. The first kappa shape index (κ1) is 18.7. The van der Waals surface area contributed by atoms with Gasteiger partial charge in [0.25, 0.3) is 0 Å². The van der Waals surface area contributed by atoms with Crippen LogP contribution in [-0.2, 0) is 22.7 Å². The van der Waals surface area contributed by atoms with E-state index in [1.807, 2.05) is 30.3 Å². The van der Waals surface area contributed by atoms with Crippen molar-refractivity contribution < 1.29 is 23.9 Å². The van der Waals surface area contributed by atoms with Gasteiger partial charge in [-0.05, 0) is 18.6 Å². The molecule has 0 aliphatic carbocycles. The molecule has 1 aromatic heterocycles. The maximum Gasteiger partial charge on any atom is 0.339 e. The van der Waals surface area contributed by atoms with Gasteiger partial charge >= 0.3 is 5.97 Å². The van der Waals surface area contributed by atoms with Crippen molar-refractivity contribution in [2.45, 2.75) is 26.4 Å². The molecule has 1 N–H and O–H groups in total. The van der Waals surface area contributed by atoms with Crippen LogP contribution in [0.5, 0.6) is 0 Å². The van der Waals surface area contributed by atoms with E-state index < -0.39 is 11.9 Å². The van der Waals surface area contributed by atoms with Crippen LogP contribution in [0.15, 0.2) is 40.8 Å². The molecular weight excluding hydrogens is 348 g/mol. The molecule has 3 rings (SSSR count). The number of hydrogen-bond acceptors (Lipinski definition) is 4. The van der Waals surface area contributed by atoms with Gasteiger partial charge in [-0.25, -0.2) is 4.79 Å². The number of benzene rings is 1. The second-order valence-electron chi connectivity index (χ2n) is 6.84. The molecule has 2 heterocycles. The predicted molar refractivity (Wildman–Crippen MR) is 96.8 cm³/mol. The van der Waals surface area contributed by atoms with E-state index >= 15 is 0 Å². The van der Waals surface area contributed by atoms with Crippen molar-refractivity contribution in [2.75, 3.05) is 13.6 Å². The van der Waals surface area contributed by atoms with Crippen molar-refractivity contribution in [1.82, 2.24) is 9.80 Å². The van der Waals surface area contributed by atoms with Crippen molar-refractivity contribution >= 4 is 17.8 Å². The Bertz CT molecular complexity index is 859. The zero-order valence-corrected chi connectivity index (χ0v) is 15.3. The quantitative estimate of drug-likeness (QED) is 0.842. The van der Waals surface area contributed by atoms with Crippen LogP contribution in [0, 0.1) is 12.8 Å². The van der Waals surface area contributed by atoms with Gasteiger partial charge in [0, 0.05) is 26.6 Å². The van der Waals surface area contributed by atoms with Crippen molar-refractivity contribution in [3.8, 4) is 0 Å². The van der Waals surface area contributed by atoms with Gasteiger partial charge < -0.3 is 19.3 Å². The number of amides is 2. The Kier molecular flexibility index (Phi) is 5.30. The van der Waals surface area contributed by atoms with Gasteiger partial charge in [-0.15, -0.1) is 0 Å². The first-order valence-corrected chi connectivity index (χ1v) is 8.74. The van der Waals surface area contributed by atoms with E-state index in [0.29, 0.717) is 24.6 Å². The lowest BCUT2D eigenvalue weighted by Crippen LogP contribution is -2.34. The van der Waals surface area contributed by atoms with Gasteiger partial charge in [-0.1, -0.05) is 30.3 Å². The number of aromatic carboxylic acids is 1. The third-order valence-electron chi connectivity index (χ3n) is 4.75. The Hall–Kier alpha value is -3.09. The fourth-order valence-corrected chi connectivity index (χ4v) is 3.35. The molecule has 7 nitrogen and oxygen atoms in total. The van der Waals surface area contributed by atoms with Gasteiger partial charge in [0.1, 0.15) is 17.1 Å². The third kappa shape index (κ3) is 4.19. The Morgan fingerprint density at radius 1 is 1.30 bits per heavy atom. The average Bonchev–Trinajstić information content (AvgIpc) is 3.18. The van der Waals surface area contributed by atoms with Crippen molar-refractivity contribution in [3.05, 3.63) is 59.0 Å². The zero-order valence-electron chi connectivity index (χ0n) is 15.3. The summed E-state index contributed by atoms with van der Waals surface area (Å²) in [5.74, 6) is -0.928. The number of aryl methyl sites for hydroxylation is 1. The fraction of sp³-hybridized carbons (Fsp3) is 0.350. The van der Waals surface area contributed by atoms with Crippen molar-refractivity contribution in [1.29, 1.82) is 0 Å². The third-order valence-corrected chi connectivity index (χ3v) is 4.75. The average molecular weight is 370 g/mol. The number of carboxylic acids is 1. The van der Waals surface area contributed by atoms with Gasteiger partial charge in [0.05, 0.1) is 12.5 Å². The van der Waals surface area contributed by atoms with Crippen LogP contribution in [0.25, 0.3) is 0 Å².